The number of rotatable bonds is 2. The van der Waals surface area contributed by atoms with Gasteiger partial charge in [-0.15, -0.1) is 11.3 Å². The molecule has 1 atom stereocenters. The summed E-state index contributed by atoms with van der Waals surface area (Å²) in [5.41, 5.74) is 1.94. The van der Waals surface area contributed by atoms with Gasteiger partial charge >= 0.3 is 0 Å². The molecule has 2 aromatic rings. The summed E-state index contributed by atoms with van der Waals surface area (Å²) in [5, 5.41) is 5.44. The molecule has 1 amide bonds. The van der Waals surface area contributed by atoms with Crippen molar-refractivity contribution in [3.8, 4) is 0 Å². The fourth-order valence-electron chi connectivity index (χ4n) is 2.93. The first kappa shape index (κ1) is 14.3. The molecular weight excluding hydrogens is 284 g/mol. The third-order valence-corrected chi connectivity index (χ3v) is 5.02. The zero-order chi connectivity index (χ0) is 15.0. The maximum atomic E-state index is 12.7. The van der Waals surface area contributed by atoms with E-state index in [-0.39, 0.29) is 5.91 Å². The normalized spacial score (nSPS) is 19.0. The predicted molar refractivity (Wildman–Crippen MR) is 82.7 cm³/mol. The standard InChI is InChI=1S/C15H20N4OS/c1-10-14(21-11(2)16-10)15(20)19-7-4-5-12(9-19)13-6-8-18(3)17-13/h6,8,12H,4-5,7,9H2,1-3H3. The van der Waals surface area contributed by atoms with Crippen molar-refractivity contribution in [2.45, 2.75) is 32.6 Å². The number of nitrogens with zero attached hydrogens (tertiary/aromatic N) is 4. The molecule has 1 fully saturated rings. The molecule has 1 aliphatic rings. The molecule has 5 nitrogen and oxygen atoms in total. The minimum Gasteiger partial charge on any atom is -0.337 e. The highest BCUT2D eigenvalue weighted by Crippen LogP contribution is 2.28. The van der Waals surface area contributed by atoms with Crippen molar-refractivity contribution in [2.24, 2.45) is 7.05 Å². The molecule has 112 valence electrons. The van der Waals surface area contributed by atoms with Crippen LogP contribution in [-0.4, -0.2) is 38.7 Å². The third kappa shape index (κ3) is 2.85. The van der Waals surface area contributed by atoms with Gasteiger partial charge in [-0.05, 0) is 32.8 Å². The van der Waals surface area contributed by atoms with Crippen LogP contribution in [0.25, 0.3) is 0 Å². The molecule has 1 aliphatic heterocycles. The van der Waals surface area contributed by atoms with Crippen molar-refractivity contribution < 1.29 is 4.79 Å². The quantitative estimate of drug-likeness (QED) is 0.856. The van der Waals surface area contributed by atoms with Gasteiger partial charge in [0.05, 0.1) is 16.4 Å². The van der Waals surface area contributed by atoms with E-state index in [2.05, 4.69) is 16.1 Å². The summed E-state index contributed by atoms with van der Waals surface area (Å²) in [4.78, 5) is 19.8. The Kier molecular flexibility index (Phi) is 3.80. The fraction of sp³-hybridized carbons (Fsp3) is 0.533. The number of piperidine rings is 1. The number of hydrogen-bond donors (Lipinski definition) is 0. The highest BCUT2D eigenvalue weighted by atomic mass is 32.1. The van der Waals surface area contributed by atoms with Crippen LogP contribution in [0.1, 0.15) is 44.8 Å². The molecule has 0 radical (unpaired) electrons. The van der Waals surface area contributed by atoms with Crippen molar-refractivity contribution in [1.82, 2.24) is 19.7 Å². The average molecular weight is 304 g/mol. The molecule has 3 rings (SSSR count). The molecule has 0 bridgehead atoms. The van der Waals surface area contributed by atoms with E-state index in [0.717, 1.165) is 47.2 Å². The lowest BCUT2D eigenvalue weighted by Crippen LogP contribution is -2.39. The Balaban J connectivity index is 1.77. The van der Waals surface area contributed by atoms with Crippen molar-refractivity contribution in [2.75, 3.05) is 13.1 Å². The van der Waals surface area contributed by atoms with Gasteiger partial charge < -0.3 is 4.90 Å². The van der Waals surface area contributed by atoms with E-state index in [9.17, 15) is 4.79 Å². The van der Waals surface area contributed by atoms with Crippen LogP contribution in [0.4, 0.5) is 0 Å². The lowest BCUT2D eigenvalue weighted by molar-refractivity contribution is 0.0709. The molecular formula is C15H20N4OS. The predicted octanol–water partition coefficient (Wildman–Crippen LogP) is 2.51. The summed E-state index contributed by atoms with van der Waals surface area (Å²) >= 11 is 1.50. The van der Waals surface area contributed by atoms with E-state index in [4.69, 9.17) is 0 Å². The van der Waals surface area contributed by atoms with E-state index in [0.29, 0.717) is 5.92 Å². The van der Waals surface area contributed by atoms with E-state index in [1.54, 1.807) is 0 Å². The number of aryl methyl sites for hydroxylation is 3. The van der Waals surface area contributed by atoms with Crippen LogP contribution in [0.5, 0.6) is 0 Å². The second-order valence-electron chi connectivity index (χ2n) is 5.65. The number of carbonyl (C=O) groups excluding carboxylic acids is 1. The van der Waals surface area contributed by atoms with Crippen LogP contribution < -0.4 is 0 Å². The Hall–Kier alpha value is -1.69. The van der Waals surface area contributed by atoms with Crippen LogP contribution in [0.2, 0.25) is 0 Å². The van der Waals surface area contributed by atoms with E-state index >= 15 is 0 Å². The van der Waals surface area contributed by atoms with Gasteiger partial charge in [0.15, 0.2) is 0 Å². The summed E-state index contributed by atoms with van der Waals surface area (Å²) in [6, 6.07) is 2.06. The molecule has 6 heteroatoms. The van der Waals surface area contributed by atoms with E-state index in [1.807, 2.05) is 36.7 Å². The van der Waals surface area contributed by atoms with Crippen LogP contribution in [-0.2, 0) is 7.05 Å². The Bertz CT molecular complexity index is 660. The summed E-state index contributed by atoms with van der Waals surface area (Å²) < 4.78 is 1.83. The molecule has 0 N–H and O–H groups in total. The maximum Gasteiger partial charge on any atom is 0.265 e. The average Bonchev–Trinajstić information content (AvgIpc) is 3.04. The first-order valence-electron chi connectivity index (χ1n) is 7.27. The lowest BCUT2D eigenvalue weighted by atomic mass is 9.95. The van der Waals surface area contributed by atoms with Gasteiger partial charge in [-0.3, -0.25) is 9.48 Å². The fourth-order valence-corrected chi connectivity index (χ4v) is 3.81. The van der Waals surface area contributed by atoms with E-state index in [1.165, 1.54) is 11.3 Å². The number of likely N-dealkylation sites (tertiary alicyclic amines) is 1. The summed E-state index contributed by atoms with van der Waals surface area (Å²) in [6.07, 6.45) is 4.10. The van der Waals surface area contributed by atoms with Gasteiger partial charge in [-0.1, -0.05) is 0 Å². The Morgan fingerprint density at radius 1 is 1.43 bits per heavy atom. The highest BCUT2D eigenvalue weighted by molar-refractivity contribution is 7.13. The second kappa shape index (κ2) is 5.60. The zero-order valence-electron chi connectivity index (χ0n) is 12.7. The molecule has 2 aromatic heterocycles. The minimum atomic E-state index is 0.124. The molecule has 0 saturated carbocycles. The first-order chi connectivity index (χ1) is 10.0. The monoisotopic (exact) mass is 304 g/mol. The van der Waals surface area contributed by atoms with Crippen LogP contribution in [0, 0.1) is 13.8 Å². The van der Waals surface area contributed by atoms with Gasteiger partial charge in [0.1, 0.15) is 4.88 Å². The minimum absolute atomic E-state index is 0.124. The highest BCUT2D eigenvalue weighted by Gasteiger charge is 2.28. The summed E-state index contributed by atoms with van der Waals surface area (Å²) in [5.74, 6) is 0.469. The number of aromatic nitrogens is 3. The molecule has 0 aromatic carbocycles. The van der Waals surface area contributed by atoms with Gasteiger partial charge in [0, 0.05) is 32.3 Å². The van der Waals surface area contributed by atoms with Crippen molar-refractivity contribution in [1.29, 1.82) is 0 Å². The molecule has 0 spiro atoms. The maximum absolute atomic E-state index is 12.7. The topological polar surface area (TPSA) is 51.0 Å². The molecule has 1 saturated heterocycles. The SMILES string of the molecule is Cc1nc(C)c(C(=O)N2CCCC(c3ccn(C)n3)C2)s1. The Labute approximate surface area is 128 Å². The van der Waals surface area contributed by atoms with Crippen LogP contribution in [0.3, 0.4) is 0 Å². The van der Waals surface area contributed by atoms with Gasteiger partial charge in [0.25, 0.3) is 5.91 Å². The van der Waals surface area contributed by atoms with Crippen LogP contribution in [0.15, 0.2) is 12.3 Å². The number of hydrogen-bond acceptors (Lipinski definition) is 4. The Morgan fingerprint density at radius 2 is 2.24 bits per heavy atom. The number of amides is 1. The van der Waals surface area contributed by atoms with Crippen molar-refractivity contribution in [3.63, 3.8) is 0 Å². The van der Waals surface area contributed by atoms with Crippen molar-refractivity contribution >= 4 is 17.2 Å². The van der Waals surface area contributed by atoms with E-state index < -0.39 is 0 Å². The first-order valence-corrected chi connectivity index (χ1v) is 8.09. The van der Waals surface area contributed by atoms with Crippen molar-refractivity contribution in [3.05, 3.63) is 33.5 Å². The van der Waals surface area contributed by atoms with Gasteiger partial charge in [0.2, 0.25) is 0 Å². The summed E-state index contributed by atoms with van der Waals surface area (Å²) in [7, 11) is 1.93. The second-order valence-corrected chi connectivity index (χ2v) is 6.86. The van der Waals surface area contributed by atoms with Gasteiger partial charge in [-0.25, -0.2) is 4.98 Å². The van der Waals surface area contributed by atoms with Crippen LogP contribution >= 0.6 is 11.3 Å². The smallest absolute Gasteiger partial charge is 0.265 e. The molecule has 3 heterocycles. The Morgan fingerprint density at radius 3 is 2.86 bits per heavy atom. The largest absolute Gasteiger partial charge is 0.337 e. The summed E-state index contributed by atoms with van der Waals surface area (Å²) in [6.45, 7) is 5.45. The third-order valence-electron chi connectivity index (χ3n) is 3.96. The number of thiazole rings is 1. The molecule has 21 heavy (non-hydrogen) atoms. The molecule has 1 unspecified atom stereocenters. The number of carbonyl (C=O) groups is 1. The lowest BCUT2D eigenvalue weighted by Gasteiger charge is -2.31. The molecule has 0 aliphatic carbocycles. The van der Waals surface area contributed by atoms with Gasteiger partial charge in [-0.2, -0.15) is 5.10 Å². The zero-order valence-corrected chi connectivity index (χ0v) is 13.5.